The van der Waals surface area contributed by atoms with E-state index >= 15 is 0 Å². The maximum absolute atomic E-state index is 11.0. The van der Waals surface area contributed by atoms with Crippen LogP contribution in [0.2, 0.25) is 0 Å². The smallest absolute Gasteiger partial charge is 0.221 e. The lowest BCUT2D eigenvalue weighted by molar-refractivity contribution is -0.120. The number of aryl methyl sites for hydroxylation is 1. The summed E-state index contributed by atoms with van der Waals surface area (Å²) in [5.74, 6) is 0.0695. The molecule has 1 rings (SSSR count). The van der Waals surface area contributed by atoms with Crippen molar-refractivity contribution in [1.82, 2.24) is 10.6 Å². The summed E-state index contributed by atoms with van der Waals surface area (Å²) in [5, 5.41) is 5.85. The van der Waals surface area contributed by atoms with Gasteiger partial charge in [-0.15, -0.1) is 0 Å². The number of carbonyl (C=O) groups excluding carboxylic acids is 1. The highest BCUT2D eigenvalue weighted by Crippen LogP contribution is 2.15. The van der Waals surface area contributed by atoms with E-state index in [9.17, 15) is 4.79 Å². The molecule has 0 aliphatic heterocycles. The maximum atomic E-state index is 11.0. The van der Waals surface area contributed by atoms with Gasteiger partial charge in [0, 0.05) is 31.0 Å². The molecule has 0 heterocycles. The van der Waals surface area contributed by atoms with Crippen LogP contribution in [-0.2, 0) is 11.3 Å². The van der Waals surface area contributed by atoms with Gasteiger partial charge < -0.3 is 10.6 Å². The van der Waals surface area contributed by atoms with E-state index in [1.165, 1.54) is 11.1 Å². The molecule has 3 nitrogen and oxygen atoms in total. The summed E-state index contributed by atoms with van der Waals surface area (Å²) in [4.78, 5) is 11.0. The van der Waals surface area contributed by atoms with E-state index in [1.54, 1.807) is 7.05 Å². The zero-order valence-electron chi connectivity index (χ0n) is 9.64. The molecule has 4 heteroatoms. The van der Waals surface area contributed by atoms with E-state index in [0.717, 1.165) is 11.0 Å². The van der Waals surface area contributed by atoms with Gasteiger partial charge >= 0.3 is 0 Å². The molecule has 0 spiro atoms. The third kappa shape index (κ3) is 4.33. The normalized spacial score (nSPS) is 10.2. The van der Waals surface area contributed by atoms with Crippen molar-refractivity contribution in [2.24, 2.45) is 0 Å². The van der Waals surface area contributed by atoms with Gasteiger partial charge in [0.1, 0.15) is 0 Å². The number of carbonyl (C=O) groups is 1. The number of hydrogen-bond donors (Lipinski definition) is 2. The maximum Gasteiger partial charge on any atom is 0.221 e. The topological polar surface area (TPSA) is 41.1 Å². The first-order valence-electron chi connectivity index (χ1n) is 5.30. The molecular formula is C12H17BrN2O. The highest BCUT2D eigenvalue weighted by Gasteiger charge is 2.00. The van der Waals surface area contributed by atoms with Gasteiger partial charge in [0.05, 0.1) is 0 Å². The zero-order chi connectivity index (χ0) is 12.0. The number of nitrogens with one attached hydrogen (secondary N) is 2. The van der Waals surface area contributed by atoms with Gasteiger partial charge in [-0.05, 0) is 30.2 Å². The fourth-order valence-electron chi connectivity index (χ4n) is 1.41. The third-order valence-electron chi connectivity index (χ3n) is 2.43. The Balaban J connectivity index is 2.35. The SMILES string of the molecule is CNC(=O)CCNCc1ccc(Br)cc1C. The lowest BCUT2D eigenvalue weighted by Gasteiger charge is -2.07. The van der Waals surface area contributed by atoms with Gasteiger partial charge in [-0.1, -0.05) is 22.0 Å². The Morgan fingerprint density at radius 1 is 1.44 bits per heavy atom. The number of halogens is 1. The molecule has 0 fully saturated rings. The van der Waals surface area contributed by atoms with Crippen molar-refractivity contribution in [2.75, 3.05) is 13.6 Å². The number of hydrogen-bond acceptors (Lipinski definition) is 2. The molecule has 0 aliphatic rings. The summed E-state index contributed by atoms with van der Waals surface area (Å²) in [5.41, 5.74) is 2.52. The van der Waals surface area contributed by atoms with Crippen molar-refractivity contribution in [3.8, 4) is 0 Å². The number of benzene rings is 1. The summed E-state index contributed by atoms with van der Waals surface area (Å²) >= 11 is 3.43. The fourth-order valence-corrected chi connectivity index (χ4v) is 1.88. The van der Waals surface area contributed by atoms with Gasteiger partial charge in [-0.2, -0.15) is 0 Å². The standard InChI is InChI=1S/C12H17BrN2O/c1-9-7-11(13)4-3-10(9)8-15-6-5-12(16)14-2/h3-4,7,15H,5-6,8H2,1-2H3,(H,14,16). The molecule has 1 aromatic rings. The molecule has 0 atom stereocenters. The van der Waals surface area contributed by atoms with Crippen molar-refractivity contribution in [1.29, 1.82) is 0 Å². The van der Waals surface area contributed by atoms with Crippen LogP contribution in [0.15, 0.2) is 22.7 Å². The summed E-state index contributed by atoms with van der Waals surface area (Å²) in [6.45, 7) is 3.59. The summed E-state index contributed by atoms with van der Waals surface area (Å²) in [7, 11) is 1.65. The first-order valence-corrected chi connectivity index (χ1v) is 6.09. The van der Waals surface area contributed by atoms with Gasteiger partial charge in [-0.3, -0.25) is 4.79 Å². The minimum Gasteiger partial charge on any atom is -0.359 e. The average molecular weight is 285 g/mol. The highest BCUT2D eigenvalue weighted by molar-refractivity contribution is 9.10. The molecule has 0 radical (unpaired) electrons. The Hall–Kier alpha value is -0.870. The van der Waals surface area contributed by atoms with Crippen molar-refractivity contribution in [3.05, 3.63) is 33.8 Å². The van der Waals surface area contributed by atoms with Crippen LogP contribution < -0.4 is 10.6 Å². The first-order chi connectivity index (χ1) is 7.63. The number of amides is 1. The molecular weight excluding hydrogens is 268 g/mol. The van der Waals surface area contributed by atoms with Crippen molar-refractivity contribution >= 4 is 21.8 Å². The molecule has 16 heavy (non-hydrogen) atoms. The monoisotopic (exact) mass is 284 g/mol. The van der Waals surface area contributed by atoms with Crippen LogP contribution in [0.5, 0.6) is 0 Å². The quantitative estimate of drug-likeness (QED) is 0.812. The predicted octanol–water partition coefficient (Wildman–Crippen LogP) is 1.98. The van der Waals surface area contributed by atoms with Crippen molar-refractivity contribution in [3.63, 3.8) is 0 Å². The van der Waals surface area contributed by atoms with E-state index in [0.29, 0.717) is 13.0 Å². The van der Waals surface area contributed by atoms with E-state index in [1.807, 2.05) is 6.07 Å². The second-order valence-electron chi connectivity index (χ2n) is 3.67. The van der Waals surface area contributed by atoms with Crippen molar-refractivity contribution < 1.29 is 4.79 Å². The molecule has 0 saturated heterocycles. The lowest BCUT2D eigenvalue weighted by Crippen LogP contribution is -2.24. The molecule has 0 saturated carbocycles. The van der Waals surface area contributed by atoms with Crippen LogP contribution in [0.25, 0.3) is 0 Å². The molecule has 1 aromatic carbocycles. The second kappa shape index (κ2) is 6.66. The Kier molecular flexibility index (Phi) is 5.49. The molecule has 0 aliphatic carbocycles. The largest absolute Gasteiger partial charge is 0.359 e. The van der Waals surface area contributed by atoms with Crippen LogP contribution in [-0.4, -0.2) is 19.5 Å². The third-order valence-corrected chi connectivity index (χ3v) is 2.92. The molecule has 1 amide bonds. The van der Waals surface area contributed by atoms with Crippen LogP contribution in [0.4, 0.5) is 0 Å². The molecule has 88 valence electrons. The van der Waals surface area contributed by atoms with Gasteiger partial charge in [0.2, 0.25) is 5.91 Å². The highest BCUT2D eigenvalue weighted by atomic mass is 79.9. The first kappa shape index (κ1) is 13.2. The van der Waals surface area contributed by atoms with Gasteiger partial charge in [-0.25, -0.2) is 0 Å². The fraction of sp³-hybridized carbons (Fsp3) is 0.417. The Bertz CT molecular complexity index is 366. The summed E-state index contributed by atoms with van der Waals surface area (Å²) in [6.07, 6.45) is 0.520. The lowest BCUT2D eigenvalue weighted by atomic mass is 10.1. The summed E-state index contributed by atoms with van der Waals surface area (Å²) in [6, 6.07) is 6.21. The molecule has 0 unspecified atom stereocenters. The average Bonchev–Trinajstić information content (AvgIpc) is 2.26. The summed E-state index contributed by atoms with van der Waals surface area (Å²) < 4.78 is 1.10. The van der Waals surface area contributed by atoms with Crippen LogP contribution in [0.3, 0.4) is 0 Å². The van der Waals surface area contributed by atoms with Crippen molar-refractivity contribution in [2.45, 2.75) is 19.9 Å². The van der Waals surface area contributed by atoms with Crippen LogP contribution in [0.1, 0.15) is 17.5 Å². The van der Waals surface area contributed by atoms with Gasteiger partial charge in [0.15, 0.2) is 0 Å². The Morgan fingerprint density at radius 3 is 2.81 bits per heavy atom. The predicted molar refractivity (Wildman–Crippen MR) is 69.3 cm³/mol. The molecule has 0 bridgehead atoms. The second-order valence-corrected chi connectivity index (χ2v) is 4.59. The number of rotatable bonds is 5. The Labute approximate surface area is 105 Å². The minimum absolute atomic E-state index is 0.0695. The molecule has 2 N–H and O–H groups in total. The van der Waals surface area contributed by atoms with E-state index in [-0.39, 0.29) is 5.91 Å². The molecule has 0 aromatic heterocycles. The minimum atomic E-state index is 0.0695. The van der Waals surface area contributed by atoms with Gasteiger partial charge in [0.25, 0.3) is 0 Å². The van der Waals surface area contributed by atoms with E-state index in [4.69, 9.17) is 0 Å². The van der Waals surface area contributed by atoms with Crippen LogP contribution in [0, 0.1) is 6.92 Å². The Morgan fingerprint density at radius 2 is 2.19 bits per heavy atom. The zero-order valence-corrected chi connectivity index (χ0v) is 11.2. The van der Waals surface area contributed by atoms with E-state index in [2.05, 4.69) is 45.6 Å². The van der Waals surface area contributed by atoms with E-state index < -0.39 is 0 Å². The van der Waals surface area contributed by atoms with Crippen LogP contribution >= 0.6 is 15.9 Å².